The number of fused-ring (bicyclic) bond motifs is 3. The van der Waals surface area contributed by atoms with Crippen LogP contribution in [0, 0.1) is 18.3 Å². The lowest BCUT2D eigenvalue weighted by Gasteiger charge is -2.45. The number of rotatable bonds is 2. The number of benzene rings is 2. The van der Waals surface area contributed by atoms with E-state index >= 15 is 0 Å². The number of piperazine rings is 2. The van der Waals surface area contributed by atoms with Crippen LogP contribution in [-0.4, -0.2) is 67.8 Å². The number of pyridine rings is 1. The van der Waals surface area contributed by atoms with Gasteiger partial charge in [0, 0.05) is 86.4 Å². The molecule has 0 saturated carbocycles. The molecule has 2 aromatic carbocycles. The van der Waals surface area contributed by atoms with Gasteiger partial charge in [0.25, 0.3) is 0 Å². The molecule has 1 aromatic heterocycles. The van der Waals surface area contributed by atoms with Gasteiger partial charge in [-0.1, -0.05) is 0 Å². The van der Waals surface area contributed by atoms with E-state index in [-0.39, 0.29) is 6.04 Å². The van der Waals surface area contributed by atoms with Crippen LogP contribution in [0.15, 0.2) is 42.6 Å². The number of hydrogen-bond acceptors (Lipinski definition) is 7. The Labute approximate surface area is 206 Å². The van der Waals surface area contributed by atoms with Crippen LogP contribution < -0.4 is 19.9 Å². The molecule has 7 nitrogen and oxygen atoms in total. The van der Waals surface area contributed by atoms with Crippen molar-refractivity contribution in [2.45, 2.75) is 32.5 Å². The minimum absolute atomic E-state index is 0.288. The summed E-state index contributed by atoms with van der Waals surface area (Å²) in [5, 5.41) is 14.0. The van der Waals surface area contributed by atoms with Crippen molar-refractivity contribution in [3.8, 4) is 11.8 Å². The molecule has 3 aliphatic rings. The van der Waals surface area contributed by atoms with Gasteiger partial charge in [-0.05, 0) is 49.7 Å². The highest BCUT2D eigenvalue weighted by Gasteiger charge is 2.36. The second-order valence-electron chi connectivity index (χ2n) is 10.0. The van der Waals surface area contributed by atoms with Crippen LogP contribution in [0.1, 0.15) is 23.6 Å². The second-order valence-corrected chi connectivity index (χ2v) is 10.0. The van der Waals surface area contributed by atoms with Crippen LogP contribution >= 0.6 is 0 Å². The van der Waals surface area contributed by atoms with Crippen LogP contribution in [0.3, 0.4) is 0 Å². The second kappa shape index (κ2) is 9.03. The summed E-state index contributed by atoms with van der Waals surface area (Å²) in [6, 6.07) is 15.6. The maximum Gasteiger partial charge on any atom is 0.125 e. The van der Waals surface area contributed by atoms with Crippen molar-refractivity contribution < 1.29 is 4.74 Å². The van der Waals surface area contributed by atoms with Crippen molar-refractivity contribution in [3.05, 3.63) is 59.3 Å². The van der Waals surface area contributed by atoms with Crippen LogP contribution in [-0.2, 0) is 6.54 Å². The van der Waals surface area contributed by atoms with Crippen molar-refractivity contribution in [2.75, 3.05) is 55.7 Å². The van der Waals surface area contributed by atoms with Gasteiger partial charge in [0.2, 0.25) is 0 Å². The lowest BCUT2D eigenvalue weighted by Crippen LogP contribution is -2.58. The molecule has 3 aliphatic heterocycles. The molecule has 35 heavy (non-hydrogen) atoms. The molecule has 0 aliphatic carbocycles. The predicted octanol–water partition coefficient (Wildman–Crippen LogP) is 3.30. The maximum atomic E-state index is 9.54. The number of hydrogen-bond donors (Lipinski definition) is 1. The molecule has 3 aromatic rings. The van der Waals surface area contributed by atoms with Gasteiger partial charge in [0.05, 0.1) is 17.1 Å². The van der Waals surface area contributed by atoms with Crippen molar-refractivity contribution in [3.63, 3.8) is 0 Å². The summed E-state index contributed by atoms with van der Waals surface area (Å²) in [6.07, 6.45) is 1.76. The smallest absolute Gasteiger partial charge is 0.125 e. The van der Waals surface area contributed by atoms with E-state index in [0.717, 1.165) is 68.2 Å². The Morgan fingerprint density at radius 3 is 2.77 bits per heavy atom. The summed E-state index contributed by atoms with van der Waals surface area (Å²) in [7, 11) is 0. The van der Waals surface area contributed by atoms with Gasteiger partial charge in [-0.2, -0.15) is 5.26 Å². The predicted molar refractivity (Wildman–Crippen MR) is 139 cm³/mol. The SMILES string of the molecule is Cc1cc2c(cc1N1CCNCC1)OC[C@H]1CN(c3ccc(C#N)c4ncccc34)C[C@@H](C)N1C2. The first-order valence-corrected chi connectivity index (χ1v) is 12.6. The van der Waals surface area contributed by atoms with E-state index < -0.39 is 0 Å². The van der Waals surface area contributed by atoms with Gasteiger partial charge in [-0.25, -0.2) is 0 Å². The summed E-state index contributed by atoms with van der Waals surface area (Å²) < 4.78 is 6.49. The third kappa shape index (κ3) is 3.97. The van der Waals surface area contributed by atoms with Crippen molar-refractivity contribution in [1.29, 1.82) is 5.26 Å². The lowest BCUT2D eigenvalue weighted by molar-refractivity contribution is 0.0892. The fraction of sp³-hybridized carbons (Fsp3) is 0.429. The maximum absolute atomic E-state index is 9.54. The number of nitrogens with zero attached hydrogens (tertiary/aromatic N) is 5. The van der Waals surface area contributed by atoms with Gasteiger partial charge in [-0.15, -0.1) is 0 Å². The summed E-state index contributed by atoms with van der Waals surface area (Å²) in [5.74, 6) is 1.03. The third-order valence-electron chi connectivity index (χ3n) is 7.78. The molecule has 2 fully saturated rings. The molecule has 2 atom stereocenters. The molecule has 6 rings (SSSR count). The number of nitrogens with one attached hydrogen (secondary N) is 1. The molecule has 180 valence electrons. The zero-order valence-electron chi connectivity index (χ0n) is 20.5. The van der Waals surface area contributed by atoms with Gasteiger partial charge in [0.15, 0.2) is 0 Å². The average Bonchev–Trinajstić information content (AvgIpc) is 3.07. The summed E-state index contributed by atoms with van der Waals surface area (Å²) >= 11 is 0. The monoisotopic (exact) mass is 468 g/mol. The molecular weight excluding hydrogens is 436 g/mol. The van der Waals surface area contributed by atoms with E-state index in [4.69, 9.17) is 4.74 Å². The summed E-state index contributed by atoms with van der Waals surface area (Å²) in [5.41, 5.74) is 6.48. The average molecular weight is 469 g/mol. The molecule has 0 radical (unpaired) electrons. The first kappa shape index (κ1) is 22.1. The van der Waals surface area contributed by atoms with Crippen molar-refractivity contribution >= 4 is 22.3 Å². The first-order chi connectivity index (χ1) is 17.1. The van der Waals surface area contributed by atoms with Crippen LogP contribution in [0.5, 0.6) is 5.75 Å². The van der Waals surface area contributed by atoms with Gasteiger partial charge in [0.1, 0.15) is 18.4 Å². The molecule has 1 N–H and O–H groups in total. The zero-order valence-corrected chi connectivity index (χ0v) is 20.5. The van der Waals surface area contributed by atoms with E-state index in [1.807, 2.05) is 12.1 Å². The van der Waals surface area contributed by atoms with E-state index in [2.05, 4.69) is 69.2 Å². The highest BCUT2D eigenvalue weighted by molar-refractivity contribution is 5.95. The number of anilines is 2. The van der Waals surface area contributed by atoms with E-state index in [9.17, 15) is 5.26 Å². The Kier molecular flexibility index (Phi) is 5.71. The molecule has 7 heteroatoms. The fourth-order valence-electron chi connectivity index (χ4n) is 6.00. The standard InChI is InChI=1S/C28H32N6O/c1-19-12-22-16-34-20(2)15-33(25-6-5-21(14-29)28-24(25)4-3-7-31-28)17-23(34)18-35-27(22)13-26(19)32-10-8-30-9-11-32/h3-7,12-13,20,23,30H,8-11,15-18H2,1-2H3/t20-,23-/m1/s1. The molecule has 0 unspecified atom stereocenters. The molecule has 2 saturated heterocycles. The molecule has 4 heterocycles. The number of aromatic nitrogens is 1. The van der Waals surface area contributed by atoms with E-state index in [1.54, 1.807) is 6.20 Å². The largest absolute Gasteiger partial charge is 0.491 e. The first-order valence-electron chi connectivity index (χ1n) is 12.6. The normalized spacial score (nSPS) is 22.7. The van der Waals surface area contributed by atoms with Gasteiger partial charge in [-0.3, -0.25) is 9.88 Å². The fourth-order valence-corrected chi connectivity index (χ4v) is 6.00. The summed E-state index contributed by atoms with van der Waals surface area (Å²) in [6.45, 7) is 12.1. The Hall–Kier alpha value is -3.34. The number of ether oxygens (including phenoxy) is 1. The Bertz CT molecular complexity index is 1290. The number of aryl methyl sites for hydroxylation is 1. The van der Waals surface area contributed by atoms with Gasteiger partial charge >= 0.3 is 0 Å². The minimum Gasteiger partial charge on any atom is -0.491 e. The lowest BCUT2D eigenvalue weighted by atomic mass is 10.0. The third-order valence-corrected chi connectivity index (χ3v) is 7.78. The highest BCUT2D eigenvalue weighted by atomic mass is 16.5. The molecule has 0 bridgehead atoms. The number of nitriles is 1. The van der Waals surface area contributed by atoms with E-state index in [1.165, 1.54) is 16.8 Å². The quantitative estimate of drug-likeness (QED) is 0.619. The van der Waals surface area contributed by atoms with E-state index in [0.29, 0.717) is 18.2 Å². The van der Waals surface area contributed by atoms with Crippen LogP contribution in [0.4, 0.5) is 11.4 Å². The molecule has 0 amide bonds. The van der Waals surface area contributed by atoms with Crippen molar-refractivity contribution in [1.82, 2.24) is 15.2 Å². The highest BCUT2D eigenvalue weighted by Crippen LogP contribution is 2.36. The topological polar surface area (TPSA) is 67.7 Å². The summed E-state index contributed by atoms with van der Waals surface area (Å²) in [4.78, 5) is 12.0. The van der Waals surface area contributed by atoms with Crippen LogP contribution in [0.2, 0.25) is 0 Å². The van der Waals surface area contributed by atoms with Gasteiger partial charge < -0.3 is 19.9 Å². The van der Waals surface area contributed by atoms with Crippen molar-refractivity contribution in [2.24, 2.45) is 0 Å². The molecule has 0 spiro atoms. The van der Waals surface area contributed by atoms with Crippen LogP contribution in [0.25, 0.3) is 10.9 Å². The Morgan fingerprint density at radius 2 is 1.94 bits per heavy atom. The zero-order chi connectivity index (χ0) is 23.9. The Balaban J connectivity index is 1.28. The Morgan fingerprint density at radius 1 is 1.09 bits per heavy atom. The minimum atomic E-state index is 0.288. The molecular formula is C28H32N6O.